The van der Waals surface area contributed by atoms with Crippen molar-refractivity contribution >= 4 is 19.8 Å². The van der Waals surface area contributed by atoms with Crippen molar-refractivity contribution in [2.45, 2.75) is 174 Å². The van der Waals surface area contributed by atoms with Crippen LogP contribution >= 0.6 is 7.82 Å². The largest absolute Gasteiger partial charge is 0.472 e. The van der Waals surface area contributed by atoms with E-state index in [1.54, 1.807) is 6.08 Å². The molecule has 0 bridgehead atoms. The number of carbonyl (C=O) groups excluding carboxylic acids is 2. The van der Waals surface area contributed by atoms with Crippen molar-refractivity contribution in [3.63, 3.8) is 0 Å². The van der Waals surface area contributed by atoms with Crippen LogP contribution in [0.4, 0.5) is 0 Å². The molecule has 0 rings (SSSR count). The summed E-state index contributed by atoms with van der Waals surface area (Å²) in [6.45, 7) is 3.67. The average Bonchev–Trinajstić information content (AvgIpc) is 3.18. The van der Waals surface area contributed by atoms with Gasteiger partial charge in [-0.3, -0.25) is 18.6 Å². The molecule has 0 radical (unpaired) electrons. The maximum Gasteiger partial charge on any atom is 0.472 e. The van der Waals surface area contributed by atoms with Crippen molar-refractivity contribution < 1.29 is 37.6 Å². The van der Waals surface area contributed by atoms with Crippen LogP contribution < -0.4 is 0 Å². The Morgan fingerprint density at radius 1 is 0.545 bits per heavy atom. The monoisotopic (exact) mass is 789 g/mol. The predicted octanol–water partition coefficient (Wildman–Crippen LogP) is 13.5. The molecule has 0 aromatic heterocycles. The maximum atomic E-state index is 12.4. The van der Waals surface area contributed by atoms with E-state index in [0.29, 0.717) is 6.42 Å². The minimum Gasteiger partial charge on any atom is -0.462 e. The molecule has 55 heavy (non-hydrogen) atoms. The van der Waals surface area contributed by atoms with Gasteiger partial charge in [0.05, 0.1) is 13.0 Å². The second-order valence-corrected chi connectivity index (χ2v) is 15.3. The average molecular weight is 789 g/mol. The summed E-state index contributed by atoms with van der Waals surface area (Å²) in [6.07, 6.45) is 53.8. The highest BCUT2D eigenvalue weighted by molar-refractivity contribution is 7.47. The minimum absolute atomic E-state index is 0.00776. The summed E-state index contributed by atoms with van der Waals surface area (Å²) >= 11 is 0. The summed E-state index contributed by atoms with van der Waals surface area (Å²) in [5, 5.41) is 0. The van der Waals surface area contributed by atoms with Crippen LogP contribution in [-0.4, -0.2) is 43.3 Å². The highest BCUT2D eigenvalue weighted by Crippen LogP contribution is 2.42. The molecule has 1 N–H and O–H groups in total. The third-order valence-electron chi connectivity index (χ3n) is 8.66. The molecule has 8 nitrogen and oxygen atoms in total. The van der Waals surface area contributed by atoms with Gasteiger partial charge in [-0.05, 0) is 70.6 Å². The van der Waals surface area contributed by atoms with Gasteiger partial charge in [0.25, 0.3) is 0 Å². The van der Waals surface area contributed by atoms with Gasteiger partial charge in [0.1, 0.15) is 6.61 Å². The molecule has 2 atom stereocenters. The van der Waals surface area contributed by atoms with E-state index in [2.05, 4.69) is 85.2 Å². The second-order valence-electron chi connectivity index (χ2n) is 13.8. The lowest BCUT2D eigenvalue weighted by Crippen LogP contribution is -2.29. The standard InChI is InChI=1S/C46H77O8P/c1-4-6-8-10-12-14-16-18-20-21-22-23-24-25-27-28-30-32-34-36-38-40-45(47)52-42-44(43-53-55(49,50)51-3)54-46(48)41-39-37-35-33-31-29-26-19-17-15-13-11-9-7-5-2/h7,9,13,15-16,18-19,21-22,26,31,33,37,39,44H,4-6,8,10-12,14,17,20,23-25,27-30,32,34-36,38,40-43H2,1-3H3,(H,49,50)/b9-7-,15-13-,18-16-,22-21-,26-19-,33-31-,39-37-. The molecule has 0 aromatic carbocycles. The van der Waals surface area contributed by atoms with Crippen LogP contribution in [0, 0.1) is 0 Å². The molecule has 0 aromatic rings. The second kappa shape index (κ2) is 40.9. The SMILES string of the molecule is CC/C=C\C/C=C\C/C=C\C/C=C\C/C=C\CC(=O)OC(COC(=O)CCCCCCCCCCC/C=C\C/C=C\CCCCCCC)COP(=O)(O)OC. The predicted molar refractivity (Wildman–Crippen MR) is 230 cm³/mol. The van der Waals surface area contributed by atoms with Crippen molar-refractivity contribution in [1.29, 1.82) is 0 Å². The van der Waals surface area contributed by atoms with Crippen molar-refractivity contribution in [2.24, 2.45) is 0 Å². The van der Waals surface area contributed by atoms with Gasteiger partial charge in [-0.15, -0.1) is 0 Å². The van der Waals surface area contributed by atoms with Crippen LogP contribution in [0.1, 0.15) is 168 Å². The van der Waals surface area contributed by atoms with Gasteiger partial charge in [0.2, 0.25) is 0 Å². The molecular formula is C46H77O8P. The van der Waals surface area contributed by atoms with Gasteiger partial charge in [-0.2, -0.15) is 0 Å². The smallest absolute Gasteiger partial charge is 0.462 e. The lowest BCUT2D eigenvalue weighted by Gasteiger charge is -2.19. The Kier molecular flexibility index (Phi) is 38.8. The molecule has 9 heteroatoms. The Labute approximate surface area is 335 Å². The molecule has 0 amide bonds. The number of ether oxygens (including phenoxy) is 2. The summed E-state index contributed by atoms with van der Waals surface area (Å²) < 4.78 is 31.8. The van der Waals surface area contributed by atoms with Gasteiger partial charge in [0, 0.05) is 13.5 Å². The zero-order valence-electron chi connectivity index (χ0n) is 34.8. The fourth-order valence-corrected chi connectivity index (χ4v) is 5.87. The summed E-state index contributed by atoms with van der Waals surface area (Å²) in [4.78, 5) is 34.4. The van der Waals surface area contributed by atoms with E-state index in [4.69, 9.17) is 14.0 Å². The Hall–Kier alpha value is -2.77. The summed E-state index contributed by atoms with van der Waals surface area (Å²) in [7, 11) is -3.25. The highest BCUT2D eigenvalue weighted by Gasteiger charge is 2.24. The topological polar surface area (TPSA) is 108 Å². The van der Waals surface area contributed by atoms with E-state index in [0.717, 1.165) is 71.3 Å². The first-order chi connectivity index (χ1) is 26.8. The van der Waals surface area contributed by atoms with E-state index in [1.807, 2.05) is 12.2 Å². The molecular weight excluding hydrogens is 711 g/mol. The summed E-state index contributed by atoms with van der Waals surface area (Å²) in [5.74, 6) is -0.962. The van der Waals surface area contributed by atoms with Crippen LogP contribution in [0.5, 0.6) is 0 Å². The van der Waals surface area contributed by atoms with Crippen molar-refractivity contribution in [3.8, 4) is 0 Å². The molecule has 0 saturated carbocycles. The van der Waals surface area contributed by atoms with Crippen LogP contribution in [0.15, 0.2) is 85.1 Å². The number of carbonyl (C=O) groups is 2. The molecule has 0 fully saturated rings. The third kappa shape index (κ3) is 40.7. The van der Waals surface area contributed by atoms with E-state index < -0.39 is 32.5 Å². The van der Waals surface area contributed by atoms with Gasteiger partial charge in [-0.25, -0.2) is 4.57 Å². The van der Waals surface area contributed by atoms with Crippen molar-refractivity contribution in [3.05, 3.63) is 85.1 Å². The number of hydrogen-bond donors (Lipinski definition) is 1. The number of phosphoric acid groups is 1. The number of phosphoric ester groups is 1. The normalized spacial score (nSPS) is 14.2. The van der Waals surface area contributed by atoms with Crippen molar-refractivity contribution in [1.82, 2.24) is 0 Å². The first kappa shape index (κ1) is 52.2. The molecule has 0 aliphatic heterocycles. The molecule has 0 heterocycles. The molecule has 0 spiro atoms. The first-order valence-electron chi connectivity index (χ1n) is 21.3. The quantitative estimate of drug-likeness (QED) is 0.0285. The Balaban J connectivity index is 4.10. The fraction of sp³-hybridized carbons (Fsp3) is 0.652. The number of rotatable bonds is 38. The van der Waals surface area contributed by atoms with Gasteiger partial charge in [0.15, 0.2) is 6.10 Å². The Morgan fingerprint density at radius 2 is 0.982 bits per heavy atom. The zero-order chi connectivity index (χ0) is 40.3. The highest BCUT2D eigenvalue weighted by atomic mass is 31.2. The van der Waals surface area contributed by atoms with Crippen LogP contribution in [0.25, 0.3) is 0 Å². The first-order valence-corrected chi connectivity index (χ1v) is 22.8. The minimum atomic E-state index is -4.29. The zero-order valence-corrected chi connectivity index (χ0v) is 35.7. The van der Waals surface area contributed by atoms with Gasteiger partial charge >= 0.3 is 19.8 Å². The lowest BCUT2D eigenvalue weighted by molar-refractivity contribution is -0.160. The van der Waals surface area contributed by atoms with Crippen LogP contribution in [0.3, 0.4) is 0 Å². The molecule has 0 aliphatic carbocycles. The Bertz CT molecular complexity index is 1170. The molecule has 0 saturated heterocycles. The number of allylic oxidation sites excluding steroid dienone is 13. The third-order valence-corrected chi connectivity index (χ3v) is 9.59. The molecule has 2 unspecified atom stereocenters. The summed E-state index contributed by atoms with van der Waals surface area (Å²) in [5.41, 5.74) is 0. The maximum absolute atomic E-state index is 12.4. The van der Waals surface area contributed by atoms with Crippen molar-refractivity contribution in [2.75, 3.05) is 20.3 Å². The van der Waals surface area contributed by atoms with Crippen LogP contribution in [0.2, 0.25) is 0 Å². The summed E-state index contributed by atoms with van der Waals surface area (Å²) in [6, 6.07) is 0. The number of hydrogen-bond acceptors (Lipinski definition) is 7. The lowest BCUT2D eigenvalue weighted by atomic mass is 10.1. The Morgan fingerprint density at radius 3 is 1.47 bits per heavy atom. The van der Waals surface area contributed by atoms with Crippen LogP contribution in [-0.2, 0) is 32.7 Å². The van der Waals surface area contributed by atoms with Gasteiger partial charge < -0.3 is 14.4 Å². The van der Waals surface area contributed by atoms with E-state index in [-0.39, 0.29) is 19.4 Å². The van der Waals surface area contributed by atoms with E-state index >= 15 is 0 Å². The molecule has 314 valence electrons. The fourth-order valence-electron chi connectivity index (χ4n) is 5.41. The van der Waals surface area contributed by atoms with E-state index in [1.165, 1.54) is 70.6 Å². The van der Waals surface area contributed by atoms with E-state index in [9.17, 15) is 19.0 Å². The molecule has 0 aliphatic rings. The number of unbranched alkanes of at least 4 members (excludes halogenated alkanes) is 14. The number of esters is 2. The van der Waals surface area contributed by atoms with Gasteiger partial charge in [-0.1, -0.05) is 170 Å².